The molecule has 26 heavy (non-hydrogen) atoms. The summed E-state index contributed by atoms with van der Waals surface area (Å²) < 4.78 is 18.6. The van der Waals surface area contributed by atoms with Crippen LogP contribution in [0.25, 0.3) is 11.0 Å². The van der Waals surface area contributed by atoms with Gasteiger partial charge in [-0.2, -0.15) is 0 Å². The summed E-state index contributed by atoms with van der Waals surface area (Å²) in [4.78, 5) is 14.3. The van der Waals surface area contributed by atoms with E-state index in [9.17, 15) is 14.3 Å². The van der Waals surface area contributed by atoms with Gasteiger partial charge in [-0.3, -0.25) is 4.90 Å². The zero-order valence-corrected chi connectivity index (χ0v) is 14.5. The molecule has 1 fully saturated rings. The summed E-state index contributed by atoms with van der Waals surface area (Å²) in [5.41, 5.74) is 2.56. The van der Waals surface area contributed by atoms with Crippen LogP contribution in [-0.4, -0.2) is 16.6 Å². The molecule has 0 aliphatic carbocycles. The summed E-state index contributed by atoms with van der Waals surface area (Å²) in [6.07, 6.45) is 2.06. The molecule has 2 aromatic carbocycles. The van der Waals surface area contributed by atoms with Crippen LogP contribution >= 0.6 is 0 Å². The fraction of sp³-hybridized carbons (Fsp3) is 0.286. The van der Waals surface area contributed by atoms with E-state index in [1.54, 1.807) is 19.1 Å². The lowest BCUT2D eigenvalue weighted by Crippen LogP contribution is -2.23. The number of hydrogen-bond donors (Lipinski definition) is 1. The van der Waals surface area contributed by atoms with Gasteiger partial charge in [-0.05, 0) is 61.7 Å². The molecule has 1 N–H and O–H groups in total. The lowest BCUT2D eigenvalue weighted by molar-refractivity contribution is 0.249. The second kappa shape index (κ2) is 6.57. The normalized spacial score (nSPS) is 17.8. The third-order valence-corrected chi connectivity index (χ3v) is 5.21. The van der Waals surface area contributed by atoms with E-state index in [1.165, 1.54) is 18.2 Å². The summed E-state index contributed by atoms with van der Waals surface area (Å²) in [7, 11) is 0. The van der Waals surface area contributed by atoms with Crippen LogP contribution in [0.15, 0.2) is 51.7 Å². The zero-order valence-electron chi connectivity index (χ0n) is 14.5. The molecule has 0 spiro atoms. The Morgan fingerprint density at radius 3 is 2.77 bits per heavy atom. The minimum atomic E-state index is -0.418. The Bertz CT molecular complexity index is 1010. The smallest absolute Gasteiger partial charge is 0.336 e. The predicted octanol–water partition coefficient (Wildman–Crippen LogP) is 4.28. The molecule has 5 heteroatoms. The molecule has 2 heterocycles. The Balaban J connectivity index is 1.71. The van der Waals surface area contributed by atoms with Gasteiger partial charge in [0.15, 0.2) is 0 Å². The number of aryl methyl sites for hydroxylation is 1. The van der Waals surface area contributed by atoms with Crippen molar-refractivity contribution >= 4 is 11.0 Å². The van der Waals surface area contributed by atoms with E-state index in [-0.39, 0.29) is 17.6 Å². The predicted molar refractivity (Wildman–Crippen MR) is 97.7 cm³/mol. The number of likely N-dealkylation sites (tertiary alicyclic amines) is 1. The van der Waals surface area contributed by atoms with Crippen LogP contribution in [0.1, 0.15) is 35.6 Å². The first kappa shape index (κ1) is 16.8. The molecule has 134 valence electrons. The SMILES string of the molecule is Cc1c(O)ccc2c(CN3CCCC3c3ccc(F)cc3)cc(=O)oc12. The largest absolute Gasteiger partial charge is 0.508 e. The fourth-order valence-corrected chi connectivity index (χ4v) is 3.84. The molecule has 0 radical (unpaired) electrons. The van der Waals surface area contributed by atoms with Crippen molar-refractivity contribution in [1.82, 2.24) is 4.90 Å². The Morgan fingerprint density at radius 1 is 1.23 bits per heavy atom. The summed E-state index contributed by atoms with van der Waals surface area (Å²) in [6.45, 7) is 3.26. The first-order valence-corrected chi connectivity index (χ1v) is 8.78. The van der Waals surface area contributed by atoms with Gasteiger partial charge in [0.1, 0.15) is 17.1 Å². The topological polar surface area (TPSA) is 53.7 Å². The summed E-state index contributed by atoms with van der Waals surface area (Å²) in [5, 5.41) is 10.7. The number of fused-ring (bicyclic) bond motifs is 1. The second-order valence-electron chi connectivity index (χ2n) is 6.86. The molecule has 0 saturated carbocycles. The molecular weight excluding hydrogens is 333 g/mol. The Kier molecular flexibility index (Phi) is 4.24. The van der Waals surface area contributed by atoms with Crippen molar-refractivity contribution in [3.8, 4) is 5.75 Å². The average molecular weight is 353 g/mol. The van der Waals surface area contributed by atoms with Crippen molar-refractivity contribution in [2.45, 2.75) is 32.4 Å². The lowest BCUT2D eigenvalue weighted by atomic mass is 10.0. The number of aromatic hydroxyl groups is 1. The molecule has 1 aromatic heterocycles. The van der Waals surface area contributed by atoms with Gasteiger partial charge in [-0.25, -0.2) is 9.18 Å². The van der Waals surface area contributed by atoms with Crippen molar-refractivity contribution in [2.24, 2.45) is 0 Å². The quantitative estimate of drug-likeness (QED) is 0.714. The van der Waals surface area contributed by atoms with E-state index >= 15 is 0 Å². The summed E-state index contributed by atoms with van der Waals surface area (Å²) >= 11 is 0. The third kappa shape index (κ3) is 2.99. The number of benzene rings is 2. The van der Waals surface area contributed by atoms with Crippen LogP contribution < -0.4 is 5.63 Å². The van der Waals surface area contributed by atoms with Crippen molar-refractivity contribution in [3.63, 3.8) is 0 Å². The molecule has 1 unspecified atom stereocenters. The molecule has 1 saturated heterocycles. The first-order valence-electron chi connectivity index (χ1n) is 8.78. The van der Waals surface area contributed by atoms with Gasteiger partial charge >= 0.3 is 5.63 Å². The molecular formula is C21H20FNO3. The fourth-order valence-electron chi connectivity index (χ4n) is 3.84. The van der Waals surface area contributed by atoms with E-state index in [0.717, 1.165) is 35.9 Å². The highest BCUT2D eigenvalue weighted by molar-refractivity contribution is 5.84. The van der Waals surface area contributed by atoms with Crippen LogP contribution in [-0.2, 0) is 6.54 Å². The Hall–Kier alpha value is -2.66. The second-order valence-corrected chi connectivity index (χ2v) is 6.86. The lowest BCUT2D eigenvalue weighted by Gasteiger charge is -2.25. The maximum Gasteiger partial charge on any atom is 0.336 e. The van der Waals surface area contributed by atoms with Crippen LogP contribution in [0, 0.1) is 12.7 Å². The number of phenolic OH excluding ortho intramolecular Hbond substituents is 1. The van der Waals surface area contributed by atoms with Crippen LogP contribution in [0.4, 0.5) is 4.39 Å². The monoisotopic (exact) mass is 353 g/mol. The van der Waals surface area contributed by atoms with Gasteiger partial charge in [-0.15, -0.1) is 0 Å². The first-order chi connectivity index (χ1) is 12.5. The molecule has 4 nitrogen and oxygen atoms in total. The van der Waals surface area contributed by atoms with E-state index in [4.69, 9.17) is 4.42 Å². The van der Waals surface area contributed by atoms with E-state index in [2.05, 4.69) is 4.90 Å². The number of halogens is 1. The van der Waals surface area contributed by atoms with Gasteiger partial charge in [0, 0.05) is 29.6 Å². The molecule has 4 rings (SSSR count). The standard InChI is InChI=1S/C21H20FNO3/c1-13-19(24)9-8-17-15(11-20(25)26-21(13)17)12-23-10-2-3-18(23)14-4-6-16(22)7-5-14/h4-9,11,18,24H,2-3,10,12H2,1H3. The zero-order chi connectivity index (χ0) is 18.3. The number of rotatable bonds is 3. The van der Waals surface area contributed by atoms with Gasteiger partial charge < -0.3 is 9.52 Å². The third-order valence-electron chi connectivity index (χ3n) is 5.21. The number of phenols is 1. The van der Waals surface area contributed by atoms with Crippen molar-refractivity contribution in [3.05, 3.63) is 75.4 Å². The van der Waals surface area contributed by atoms with Gasteiger partial charge in [0.25, 0.3) is 0 Å². The van der Waals surface area contributed by atoms with Crippen molar-refractivity contribution in [2.75, 3.05) is 6.54 Å². The van der Waals surface area contributed by atoms with Crippen molar-refractivity contribution in [1.29, 1.82) is 0 Å². The molecule has 1 atom stereocenters. The summed E-state index contributed by atoms with van der Waals surface area (Å²) in [5.74, 6) is -0.122. The van der Waals surface area contributed by atoms with Crippen LogP contribution in [0.3, 0.4) is 0 Å². The number of hydrogen-bond acceptors (Lipinski definition) is 4. The van der Waals surface area contributed by atoms with E-state index in [0.29, 0.717) is 17.7 Å². The van der Waals surface area contributed by atoms with Gasteiger partial charge in [0.05, 0.1) is 0 Å². The molecule has 1 aliphatic rings. The molecule has 0 bridgehead atoms. The van der Waals surface area contributed by atoms with Gasteiger partial charge in [0.2, 0.25) is 0 Å². The highest BCUT2D eigenvalue weighted by atomic mass is 19.1. The van der Waals surface area contributed by atoms with Crippen LogP contribution in [0.2, 0.25) is 0 Å². The molecule has 3 aromatic rings. The highest BCUT2D eigenvalue weighted by Crippen LogP contribution is 2.35. The Labute approximate surface area is 150 Å². The average Bonchev–Trinajstić information content (AvgIpc) is 3.07. The minimum absolute atomic E-state index is 0.114. The number of nitrogens with zero attached hydrogens (tertiary/aromatic N) is 1. The molecule has 1 aliphatic heterocycles. The molecule has 0 amide bonds. The van der Waals surface area contributed by atoms with Crippen molar-refractivity contribution < 1.29 is 13.9 Å². The highest BCUT2D eigenvalue weighted by Gasteiger charge is 2.27. The van der Waals surface area contributed by atoms with Crippen LogP contribution in [0.5, 0.6) is 5.75 Å². The summed E-state index contributed by atoms with van der Waals surface area (Å²) in [6, 6.07) is 11.8. The van der Waals surface area contributed by atoms with E-state index in [1.807, 2.05) is 12.1 Å². The van der Waals surface area contributed by atoms with Gasteiger partial charge in [-0.1, -0.05) is 12.1 Å². The minimum Gasteiger partial charge on any atom is -0.508 e. The van der Waals surface area contributed by atoms with E-state index < -0.39 is 5.63 Å². The Morgan fingerprint density at radius 2 is 2.00 bits per heavy atom. The maximum atomic E-state index is 13.2. The maximum absolute atomic E-state index is 13.2.